The first-order valence-electron chi connectivity index (χ1n) is 7.98. The summed E-state index contributed by atoms with van der Waals surface area (Å²) < 4.78 is 42.0. The molecule has 1 saturated heterocycles. The molecule has 1 aliphatic heterocycles. The van der Waals surface area contributed by atoms with Gasteiger partial charge < -0.3 is 10.1 Å². The van der Waals surface area contributed by atoms with Gasteiger partial charge in [-0.3, -0.25) is 4.90 Å². The molecule has 0 spiro atoms. The van der Waals surface area contributed by atoms with Crippen LogP contribution in [-0.2, 0) is 0 Å². The predicted octanol–water partition coefficient (Wildman–Crippen LogP) is 4.34. The summed E-state index contributed by atoms with van der Waals surface area (Å²) in [5, 5.41) is 3.32. The van der Waals surface area contributed by atoms with Crippen LogP contribution in [-0.4, -0.2) is 37.4 Å². The number of nitrogens with one attached hydrogen (secondary N) is 1. The van der Waals surface area contributed by atoms with Crippen LogP contribution >= 0.6 is 15.9 Å². The summed E-state index contributed by atoms with van der Waals surface area (Å²) >= 11 is 3.50. The quantitative estimate of drug-likeness (QED) is 0.804. The number of nitrogens with zero attached hydrogens (tertiary/aromatic N) is 1. The Bertz CT molecular complexity index is 700. The highest BCUT2D eigenvalue weighted by atomic mass is 79.9. The minimum absolute atomic E-state index is 0.0143. The summed E-state index contributed by atoms with van der Waals surface area (Å²) in [6.07, 6.45) is -4.68. The lowest BCUT2D eigenvalue weighted by atomic mass is 9.96. The number of alkyl halides is 3. The predicted molar refractivity (Wildman–Crippen MR) is 93.6 cm³/mol. The van der Waals surface area contributed by atoms with Crippen molar-refractivity contribution in [3.63, 3.8) is 0 Å². The Morgan fingerprint density at radius 3 is 2.28 bits per heavy atom. The molecule has 0 saturated carbocycles. The fourth-order valence-electron chi connectivity index (χ4n) is 3.08. The lowest BCUT2D eigenvalue weighted by Gasteiger charge is -2.35. The number of piperazine rings is 1. The molecule has 1 atom stereocenters. The zero-order chi connectivity index (χ0) is 17.9. The molecule has 0 bridgehead atoms. The molecule has 1 aliphatic rings. The van der Waals surface area contributed by atoms with Gasteiger partial charge in [-0.25, -0.2) is 0 Å². The van der Waals surface area contributed by atoms with Crippen LogP contribution in [0.4, 0.5) is 13.2 Å². The number of halogens is 4. The van der Waals surface area contributed by atoms with Crippen LogP contribution in [0.3, 0.4) is 0 Å². The SMILES string of the molecule is FC(F)(F)Oc1ccc([C@@H](c2cccc(Br)c2)N2CCNCC2)cc1. The third kappa shape index (κ3) is 4.96. The van der Waals surface area contributed by atoms with E-state index < -0.39 is 6.36 Å². The van der Waals surface area contributed by atoms with Crippen molar-refractivity contribution in [2.45, 2.75) is 12.4 Å². The zero-order valence-electron chi connectivity index (χ0n) is 13.4. The molecule has 134 valence electrons. The lowest BCUT2D eigenvalue weighted by Crippen LogP contribution is -2.45. The maximum Gasteiger partial charge on any atom is 0.573 e. The Balaban J connectivity index is 1.91. The molecule has 25 heavy (non-hydrogen) atoms. The normalized spacial score (nSPS) is 17.3. The van der Waals surface area contributed by atoms with Crippen molar-refractivity contribution in [2.75, 3.05) is 26.2 Å². The Morgan fingerprint density at radius 1 is 1.00 bits per heavy atom. The molecule has 0 aromatic heterocycles. The van der Waals surface area contributed by atoms with Gasteiger partial charge in [-0.05, 0) is 35.4 Å². The first kappa shape index (κ1) is 18.2. The van der Waals surface area contributed by atoms with Crippen molar-refractivity contribution in [2.24, 2.45) is 0 Å². The summed E-state index contributed by atoms with van der Waals surface area (Å²) in [4.78, 5) is 2.33. The fraction of sp³-hybridized carbons (Fsp3) is 0.333. The Morgan fingerprint density at radius 2 is 1.68 bits per heavy atom. The van der Waals surface area contributed by atoms with Gasteiger partial charge in [-0.15, -0.1) is 13.2 Å². The molecule has 1 heterocycles. The van der Waals surface area contributed by atoms with E-state index in [0.29, 0.717) is 0 Å². The largest absolute Gasteiger partial charge is 0.573 e. The zero-order valence-corrected chi connectivity index (χ0v) is 15.0. The van der Waals surface area contributed by atoms with Crippen molar-refractivity contribution < 1.29 is 17.9 Å². The van der Waals surface area contributed by atoms with Gasteiger partial charge >= 0.3 is 6.36 Å². The van der Waals surface area contributed by atoms with Gasteiger partial charge in [-0.1, -0.05) is 40.2 Å². The average Bonchev–Trinajstić information content (AvgIpc) is 2.56. The Labute approximate surface area is 152 Å². The van der Waals surface area contributed by atoms with E-state index in [0.717, 1.165) is 41.8 Å². The van der Waals surface area contributed by atoms with E-state index in [1.807, 2.05) is 24.3 Å². The second-order valence-corrected chi connectivity index (χ2v) is 6.78. The number of hydrogen-bond donors (Lipinski definition) is 1. The number of rotatable bonds is 4. The highest BCUT2D eigenvalue weighted by Gasteiger charge is 2.31. The van der Waals surface area contributed by atoms with Crippen LogP contribution in [0.1, 0.15) is 17.2 Å². The van der Waals surface area contributed by atoms with Gasteiger partial charge in [0, 0.05) is 30.7 Å². The van der Waals surface area contributed by atoms with E-state index in [4.69, 9.17) is 0 Å². The highest BCUT2D eigenvalue weighted by molar-refractivity contribution is 9.10. The van der Waals surface area contributed by atoms with E-state index in [1.54, 1.807) is 12.1 Å². The standard InChI is InChI=1S/C18H18BrF3N2O/c19-15-3-1-2-14(12-15)17(24-10-8-23-9-11-24)13-4-6-16(7-5-13)25-18(20,21)22/h1-7,12,17,23H,8-11H2/t17-/m0/s1. The Kier molecular flexibility index (Phi) is 5.66. The maximum atomic E-state index is 12.4. The van der Waals surface area contributed by atoms with Crippen LogP contribution in [0.15, 0.2) is 53.0 Å². The first-order valence-corrected chi connectivity index (χ1v) is 8.78. The van der Waals surface area contributed by atoms with Crippen LogP contribution in [0, 0.1) is 0 Å². The minimum Gasteiger partial charge on any atom is -0.406 e. The van der Waals surface area contributed by atoms with E-state index in [9.17, 15) is 13.2 Å². The van der Waals surface area contributed by atoms with Gasteiger partial charge in [-0.2, -0.15) is 0 Å². The second-order valence-electron chi connectivity index (χ2n) is 5.86. The summed E-state index contributed by atoms with van der Waals surface area (Å²) in [7, 11) is 0. The van der Waals surface area contributed by atoms with Crippen molar-refractivity contribution >= 4 is 15.9 Å². The van der Waals surface area contributed by atoms with E-state index in [2.05, 4.69) is 30.9 Å². The molecule has 7 heteroatoms. The molecule has 0 aliphatic carbocycles. The first-order chi connectivity index (χ1) is 11.9. The van der Waals surface area contributed by atoms with E-state index in [-0.39, 0.29) is 11.8 Å². The summed E-state index contributed by atoms with van der Waals surface area (Å²) in [5.41, 5.74) is 2.04. The third-order valence-electron chi connectivity index (χ3n) is 4.11. The molecule has 1 N–H and O–H groups in total. The van der Waals surface area contributed by atoms with Crippen molar-refractivity contribution in [3.8, 4) is 5.75 Å². The number of ether oxygens (including phenoxy) is 1. The molecule has 3 rings (SSSR count). The van der Waals surface area contributed by atoms with Crippen molar-refractivity contribution in [1.29, 1.82) is 0 Å². The summed E-state index contributed by atoms with van der Waals surface area (Å²) in [5.74, 6) is -0.204. The van der Waals surface area contributed by atoms with Crippen LogP contribution in [0.5, 0.6) is 5.75 Å². The maximum absolute atomic E-state index is 12.4. The summed E-state index contributed by atoms with van der Waals surface area (Å²) in [6.45, 7) is 3.52. The average molecular weight is 415 g/mol. The van der Waals surface area contributed by atoms with Crippen LogP contribution in [0.2, 0.25) is 0 Å². The van der Waals surface area contributed by atoms with Gasteiger partial charge in [0.2, 0.25) is 0 Å². The molecule has 0 radical (unpaired) electrons. The highest BCUT2D eigenvalue weighted by Crippen LogP contribution is 2.32. The van der Waals surface area contributed by atoms with Crippen molar-refractivity contribution in [1.82, 2.24) is 10.2 Å². The van der Waals surface area contributed by atoms with Gasteiger partial charge in [0.05, 0.1) is 6.04 Å². The van der Waals surface area contributed by atoms with Gasteiger partial charge in [0.15, 0.2) is 0 Å². The molecule has 3 nitrogen and oxygen atoms in total. The lowest BCUT2D eigenvalue weighted by molar-refractivity contribution is -0.274. The molecule has 1 fully saturated rings. The molecule has 2 aromatic carbocycles. The molecular formula is C18H18BrF3N2O. The molecule has 2 aromatic rings. The smallest absolute Gasteiger partial charge is 0.406 e. The fourth-order valence-corrected chi connectivity index (χ4v) is 3.50. The van der Waals surface area contributed by atoms with E-state index in [1.165, 1.54) is 12.1 Å². The third-order valence-corrected chi connectivity index (χ3v) is 4.60. The summed E-state index contributed by atoms with van der Waals surface area (Å²) in [6, 6.07) is 14.1. The van der Waals surface area contributed by atoms with Gasteiger partial charge in [0.1, 0.15) is 5.75 Å². The Hall–Kier alpha value is -1.57. The topological polar surface area (TPSA) is 24.5 Å². The second kappa shape index (κ2) is 7.76. The van der Waals surface area contributed by atoms with Crippen LogP contribution in [0.25, 0.3) is 0 Å². The molecule has 0 unspecified atom stereocenters. The van der Waals surface area contributed by atoms with Gasteiger partial charge in [0.25, 0.3) is 0 Å². The molecule has 0 amide bonds. The van der Waals surface area contributed by atoms with Crippen LogP contribution < -0.4 is 10.1 Å². The monoisotopic (exact) mass is 414 g/mol. The number of hydrogen-bond acceptors (Lipinski definition) is 3. The minimum atomic E-state index is -4.68. The molecular weight excluding hydrogens is 397 g/mol. The number of benzene rings is 2. The van der Waals surface area contributed by atoms with Crippen molar-refractivity contribution in [3.05, 3.63) is 64.1 Å². The van der Waals surface area contributed by atoms with E-state index >= 15 is 0 Å².